The van der Waals surface area contributed by atoms with Crippen LogP contribution >= 0.6 is 12.2 Å². The van der Waals surface area contributed by atoms with Crippen LogP contribution in [-0.4, -0.2) is 35.7 Å². The Balaban J connectivity index is 2.53. The van der Waals surface area contributed by atoms with Crippen LogP contribution in [0.25, 0.3) is 0 Å². The average Bonchev–Trinajstić information content (AvgIpc) is 2.14. The van der Waals surface area contributed by atoms with Crippen molar-refractivity contribution in [3.05, 3.63) is 0 Å². The number of piperidine rings is 1. The Hall–Kier alpha value is -0.360. The van der Waals surface area contributed by atoms with Gasteiger partial charge in [0.05, 0.1) is 4.99 Å². The number of thiocarbonyl (C=S) groups is 1. The van der Waals surface area contributed by atoms with Crippen LogP contribution in [0.15, 0.2) is 0 Å². The minimum Gasteiger partial charge on any atom is -0.393 e. The maximum absolute atomic E-state index is 12.6. The molecule has 1 rings (SSSR count). The lowest BCUT2D eigenvalue weighted by molar-refractivity contribution is -0.159. The van der Waals surface area contributed by atoms with E-state index in [4.69, 9.17) is 5.73 Å². The smallest absolute Gasteiger partial charge is 0.393 e. The van der Waals surface area contributed by atoms with Gasteiger partial charge < -0.3 is 10.6 Å². The minimum atomic E-state index is -4.32. The Morgan fingerprint density at radius 3 is 2.31 bits per heavy atom. The number of hydrogen-bond donors (Lipinski definition) is 1. The van der Waals surface area contributed by atoms with Crippen LogP contribution in [0.5, 0.6) is 0 Å². The SMILES string of the molecule is CC1CCN(CC(C(N)=S)C(F)(F)F)CC1. The highest BCUT2D eigenvalue weighted by molar-refractivity contribution is 7.80. The lowest BCUT2D eigenvalue weighted by Crippen LogP contribution is -2.45. The van der Waals surface area contributed by atoms with Crippen molar-refractivity contribution < 1.29 is 13.2 Å². The van der Waals surface area contributed by atoms with Gasteiger partial charge in [-0.2, -0.15) is 13.2 Å². The Morgan fingerprint density at radius 2 is 1.94 bits per heavy atom. The van der Waals surface area contributed by atoms with Gasteiger partial charge in [0.1, 0.15) is 5.92 Å². The summed E-state index contributed by atoms with van der Waals surface area (Å²) in [5.41, 5.74) is 5.15. The minimum absolute atomic E-state index is 0.0917. The molecular weight excluding hydrogens is 237 g/mol. The standard InChI is InChI=1S/C10H17F3N2S/c1-7-2-4-15(5-3-7)6-8(9(14)16)10(11,12)13/h7-8H,2-6H2,1H3,(H2,14,16). The van der Waals surface area contributed by atoms with Crippen LogP contribution in [0.3, 0.4) is 0 Å². The summed E-state index contributed by atoms with van der Waals surface area (Å²) in [5.74, 6) is -1.07. The van der Waals surface area contributed by atoms with E-state index in [0.29, 0.717) is 19.0 Å². The third kappa shape index (κ3) is 3.90. The molecule has 0 radical (unpaired) electrons. The van der Waals surface area contributed by atoms with Gasteiger partial charge in [0.25, 0.3) is 0 Å². The van der Waals surface area contributed by atoms with E-state index >= 15 is 0 Å². The monoisotopic (exact) mass is 254 g/mol. The molecular formula is C10H17F3N2S. The van der Waals surface area contributed by atoms with Crippen molar-refractivity contribution in [3.8, 4) is 0 Å². The maximum atomic E-state index is 12.6. The molecule has 1 atom stereocenters. The summed E-state index contributed by atoms with van der Waals surface area (Å²) in [6.07, 6.45) is -2.43. The molecule has 0 aromatic heterocycles. The van der Waals surface area contributed by atoms with Gasteiger partial charge in [0, 0.05) is 6.54 Å². The largest absolute Gasteiger partial charge is 0.399 e. The van der Waals surface area contributed by atoms with Crippen LogP contribution in [-0.2, 0) is 0 Å². The van der Waals surface area contributed by atoms with Gasteiger partial charge in [0.15, 0.2) is 0 Å². The molecule has 6 heteroatoms. The van der Waals surface area contributed by atoms with Crippen LogP contribution in [0.4, 0.5) is 13.2 Å². The quantitative estimate of drug-likeness (QED) is 0.783. The van der Waals surface area contributed by atoms with Crippen molar-refractivity contribution in [2.75, 3.05) is 19.6 Å². The first-order valence-electron chi connectivity index (χ1n) is 5.39. The summed E-state index contributed by atoms with van der Waals surface area (Å²) in [6, 6.07) is 0. The Labute approximate surface area is 99.0 Å². The predicted molar refractivity (Wildman–Crippen MR) is 61.2 cm³/mol. The van der Waals surface area contributed by atoms with E-state index < -0.39 is 17.1 Å². The van der Waals surface area contributed by atoms with Crippen molar-refractivity contribution >= 4 is 17.2 Å². The van der Waals surface area contributed by atoms with Gasteiger partial charge >= 0.3 is 6.18 Å². The van der Waals surface area contributed by atoms with Crippen LogP contribution < -0.4 is 5.73 Å². The van der Waals surface area contributed by atoms with E-state index in [1.165, 1.54) is 0 Å². The Kier molecular flexibility index (Phi) is 4.55. The highest BCUT2D eigenvalue weighted by Crippen LogP contribution is 2.28. The third-order valence-electron chi connectivity index (χ3n) is 3.06. The second-order valence-electron chi connectivity index (χ2n) is 4.48. The molecule has 1 aliphatic rings. The molecule has 94 valence electrons. The fraction of sp³-hybridized carbons (Fsp3) is 0.900. The molecule has 16 heavy (non-hydrogen) atoms. The van der Waals surface area contributed by atoms with E-state index in [-0.39, 0.29) is 6.54 Å². The molecule has 0 aromatic carbocycles. The van der Waals surface area contributed by atoms with Crippen molar-refractivity contribution in [2.45, 2.75) is 25.9 Å². The molecule has 0 spiro atoms. The third-order valence-corrected chi connectivity index (χ3v) is 3.34. The molecule has 1 fully saturated rings. The van der Waals surface area contributed by atoms with Gasteiger partial charge in [-0.05, 0) is 31.8 Å². The first kappa shape index (κ1) is 13.7. The Bertz CT molecular complexity index is 247. The van der Waals surface area contributed by atoms with Crippen molar-refractivity contribution in [2.24, 2.45) is 17.6 Å². The topological polar surface area (TPSA) is 29.3 Å². The lowest BCUT2D eigenvalue weighted by Gasteiger charge is -2.33. The number of nitrogens with zero attached hydrogens (tertiary/aromatic N) is 1. The van der Waals surface area contributed by atoms with Gasteiger partial charge in [-0.3, -0.25) is 0 Å². The predicted octanol–water partition coefficient (Wildman–Crippen LogP) is 2.18. The number of nitrogens with two attached hydrogens (primary N) is 1. The van der Waals surface area contributed by atoms with E-state index in [1.54, 1.807) is 4.90 Å². The number of rotatable bonds is 3. The first-order chi connectivity index (χ1) is 7.30. The number of halogens is 3. The van der Waals surface area contributed by atoms with Crippen LogP contribution in [0.1, 0.15) is 19.8 Å². The highest BCUT2D eigenvalue weighted by Gasteiger charge is 2.42. The van der Waals surface area contributed by atoms with Gasteiger partial charge in [-0.25, -0.2) is 0 Å². The van der Waals surface area contributed by atoms with E-state index in [1.807, 2.05) is 0 Å². The van der Waals surface area contributed by atoms with Crippen molar-refractivity contribution in [1.29, 1.82) is 0 Å². The van der Waals surface area contributed by atoms with E-state index in [0.717, 1.165) is 12.8 Å². The zero-order valence-corrected chi connectivity index (χ0v) is 10.1. The molecule has 1 unspecified atom stereocenters. The second-order valence-corrected chi connectivity index (χ2v) is 4.95. The van der Waals surface area contributed by atoms with Crippen molar-refractivity contribution in [3.63, 3.8) is 0 Å². The normalized spacial score (nSPS) is 22.0. The number of alkyl halides is 3. The summed E-state index contributed by atoms with van der Waals surface area (Å²) in [7, 11) is 0. The summed E-state index contributed by atoms with van der Waals surface area (Å²) in [5, 5.41) is 0. The average molecular weight is 254 g/mol. The molecule has 2 nitrogen and oxygen atoms in total. The second kappa shape index (κ2) is 5.31. The zero-order chi connectivity index (χ0) is 12.3. The summed E-state index contributed by atoms with van der Waals surface area (Å²) < 4.78 is 37.8. The molecule has 1 heterocycles. The first-order valence-corrected chi connectivity index (χ1v) is 5.80. The molecule has 0 saturated carbocycles. The van der Waals surface area contributed by atoms with Gasteiger partial charge in [-0.1, -0.05) is 19.1 Å². The zero-order valence-electron chi connectivity index (χ0n) is 9.26. The molecule has 1 aliphatic heterocycles. The fourth-order valence-corrected chi connectivity index (χ4v) is 2.07. The summed E-state index contributed by atoms with van der Waals surface area (Å²) in [4.78, 5) is 1.35. The number of hydrogen-bond acceptors (Lipinski definition) is 2. The highest BCUT2D eigenvalue weighted by atomic mass is 32.1. The van der Waals surface area contributed by atoms with Gasteiger partial charge in [-0.15, -0.1) is 0 Å². The van der Waals surface area contributed by atoms with Crippen LogP contribution in [0.2, 0.25) is 0 Å². The number of likely N-dealkylation sites (tertiary alicyclic amines) is 1. The van der Waals surface area contributed by atoms with Crippen molar-refractivity contribution in [1.82, 2.24) is 4.90 Å². The molecule has 2 N–H and O–H groups in total. The molecule has 0 bridgehead atoms. The Morgan fingerprint density at radius 1 is 1.44 bits per heavy atom. The lowest BCUT2D eigenvalue weighted by atomic mass is 9.98. The van der Waals surface area contributed by atoms with E-state index in [9.17, 15) is 13.2 Å². The van der Waals surface area contributed by atoms with Crippen LogP contribution in [0, 0.1) is 11.8 Å². The fourth-order valence-electron chi connectivity index (χ4n) is 1.86. The summed E-state index contributed by atoms with van der Waals surface area (Å²) >= 11 is 4.49. The molecule has 0 amide bonds. The molecule has 0 aliphatic carbocycles. The molecule has 0 aromatic rings. The maximum Gasteiger partial charge on any atom is 0.399 e. The summed E-state index contributed by atoms with van der Waals surface area (Å²) in [6.45, 7) is 3.43. The van der Waals surface area contributed by atoms with E-state index in [2.05, 4.69) is 19.1 Å². The molecule has 1 saturated heterocycles. The van der Waals surface area contributed by atoms with Gasteiger partial charge in [0.2, 0.25) is 0 Å².